The minimum Gasteiger partial charge on any atom is -0.481 e. The van der Waals surface area contributed by atoms with Gasteiger partial charge >= 0.3 is 5.97 Å². The Morgan fingerprint density at radius 2 is 2.21 bits per heavy atom. The molecule has 2 heterocycles. The maximum absolute atomic E-state index is 12.1. The van der Waals surface area contributed by atoms with Crippen molar-refractivity contribution in [3.8, 4) is 0 Å². The summed E-state index contributed by atoms with van der Waals surface area (Å²) in [5.41, 5.74) is 0. The molecule has 4 nitrogen and oxygen atoms in total. The topological polar surface area (TPSA) is 57.6 Å². The van der Waals surface area contributed by atoms with E-state index in [2.05, 4.69) is 0 Å². The first-order chi connectivity index (χ1) is 8.90. The average Bonchev–Trinajstić information content (AvgIpc) is 2.84. The molecule has 2 atom stereocenters. The molecule has 1 saturated heterocycles. The van der Waals surface area contributed by atoms with Crippen LogP contribution >= 0.6 is 11.3 Å². The van der Waals surface area contributed by atoms with E-state index in [-0.39, 0.29) is 18.4 Å². The predicted molar refractivity (Wildman–Crippen MR) is 74.1 cm³/mol. The first kappa shape index (κ1) is 14.1. The van der Waals surface area contributed by atoms with Crippen LogP contribution in [0, 0.1) is 18.8 Å². The van der Waals surface area contributed by atoms with Crippen molar-refractivity contribution < 1.29 is 14.7 Å². The second-order valence-corrected chi connectivity index (χ2v) is 6.80. The van der Waals surface area contributed by atoms with Gasteiger partial charge in [0.1, 0.15) is 0 Å². The van der Waals surface area contributed by atoms with Crippen LogP contribution in [0.4, 0.5) is 0 Å². The molecule has 0 radical (unpaired) electrons. The van der Waals surface area contributed by atoms with Crippen molar-refractivity contribution in [1.82, 2.24) is 4.90 Å². The van der Waals surface area contributed by atoms with Crippen molar-refractivity contribution in [1.29, 1.82) is 0 Å². The zero-order chi connectivity index (χ0) is 14.2. The molecule has 1 aliphatic heterocycles. The van der Waals surface area contributed by atoms with Gasteiger partial charge in [0.2, 0.25) is 5.91 Å². The van der Waals surface area contributed by atoms with Crippen LogP contribution in [0.15, 0.2) is 12.1 Å². The first-order valence-corrected chi connectivity index (χ1v) is 7.30. The minimum atomic E-state index is -0.879. The molecule has 1 aromatic heterocycles. The lowest BCUT2D eigenvalue weighted by Gasteiger charge is -2.27. The van der Waals surface area contributed by atoms with Gasteiger partial charge in [-0.2, -0.15) is 0 Å². The number of hydrogen-bond donors (Lipinski definition) is 1. The lowest BCUT2D eigenvalue weighted by atomic mass is 9.99. The molecule has 0 saturated carbocycles. The van der Waals surface area contributed by atoms with E-state index in [1.54, 1.807) is 16.2 Å². The standard InChI is InChI=1S/C14H19NO3S/c1-8(2)7-15-12(16)6-10(14(17)18)13(15)11-5-4-9(3)19-11/h4-5,8,10,13H,6-7H2,1-3H3,(H,17,18). The second kappa shape index (κ2) is 5.33. The van der Waals surface area contributed by atoms with E-state index in [0.29, 0.717) is 12.5 Å². The van der Waals surface area contributed by atoms with E-state index in [1.165, 1.54) is 0 Å². The van der Waals surface area contributed by atoms with Gasteiger partial charge in [0, 0.05) is 22.7 Å². The molecule has 1 N–H and O–H groups in total. The summed E-state index contributed by atoms with van der Waals surface area (Å²) in [7, 11) is 0. The number of aryl methyl sites for hydroxylation is 1. The molecule has 1 fully saturated rings. The summed E-state index contributed by atoms with van der Waals surface area (Å²) < 4.78 is 0. The van der Waals surface area contributed by atoms with E-state index in [4.69, 9.17) is 0 Å². The fourth-order valence-corrected chi connectivity index (χ4v) is 3.64. The van der Waals surface area contributed by atoms with Crippen LogP contribution in [0.3, 0.4) is 0 Å². The third-order valence-corrected chi connectivity index (χ3v) is 4.43. The number of thiophene rings is 1. The summed E-state index contributed by atoms with van der Waals surface area (Å²) in [4.78, 5) is 27.3. The van der Waals surface area contributed by atoms with Gasteiger partial charge < -0.3 is 10.0 Å². The van der Waals surface area contributed by atoms with Crippen LogP contribution in [-0.4, -0.2) is 28.4 Å². The quantitative estimate of drug-likeness (QED) is 0.923. The van der Waals surface area contributed by atoms with E-state index < -0.39 is 11.9 Å². The van der Waals surface area contributed by atoms with Gasteiger partial charge in [0.05, 0.1) is 12.0 Å². The van der Waals surface area contributed by atoms with Gasteiger partial charge in [0.25, 0.3) is 0 Å². The molecule has 104 valence electrons. The van der Waals surface area contributed by atoms with E-state index in [1.807, 2.05) is 32.9 Å². The number of likely N-dealkylation sites (tertiary alicyclic amines) is 1. The number of carbonyl (C=O) groups excluding carboxylic acids is 1. The summed E-state index contributed by atoms with van der Waals surface area (Å²) in [5.74, 6) is -1.21. The Bertz CT molecular complexity index is 495. The molecule has 0 spiro atoms. The lowest BCUT2D eigenvalue weighted by Crippen LogP contribution is -2.33. The van der Waals surface area contributed by atoms with Gasteiger partial charge in [-0.15, -0.1) is 11.3 Å². The molecule has 2 unspecified atom stereocenters. The summed E-state index contributed by atoms with van der Waals surface area (Å²) in [6.45, 7) is 6.69. The van der Waals surface area contributed by atoms with Crippen LogP contribution in [0.2, 0.25) is 0 Å². The Balaban J connectivity index is 2.35. The van der Waals surface area contributed by atoms with Gasteiger partial charge in [-0.1, -0.05) is 13.8 Å². The maximum Gasteiger partial charge on any atom is 0.309 e. The van der Waals surface area contributed by atoms with Crippen LogP contribution in [0.25, 0.3) is 0 Å². The van der Waals surface area contributed by atoms with Gasteiger partial charge in [0.15, 0.2) is 0 Å². The Morgan fingerprint density at radius 3 is 2.68 bits per heavy atom. The van der Waals surface area contributed by atoms with Gasteiger partial charge in [-0.05, 0) is 25.0 Å². The number of carboxylic acids is 1. The maximum atomic E-state index is 12.1. The first-order valence-electron chi connectivity index (χ1n) is 6.48. The molecule has 1 aromatic rings. The van der Waals surface area contributed by atoms with Crippen molar-refractivity contribution in [3.63, 3.8) is 0 Å². The summed E-state index contributed by atoms with van der Waals surface area (Å²) in [5, 5.41) is 9.35. The molecule has 1 amide bonds. The molecule has 0 bridgehead atoms. The third-order valence-electron chi connectivity index (χ3n) is 3.36. The lowest BCUT2D eigenvalue weighted by molar-refractivity contribution is -0.142. The van der Waals surface area contributed by atoms with Crippen molar-refractivity contribution >= 4 is 23.2 Å². The molecular weight excluding hydrogens is 262 g/mol. The van der Waals surface area contributed by atoms with E-state index in [0.717, 1.165) is 9.75 Å². The highest BCUT2D eigenvalue weighted by Gasteiger charge is 2.45. The number of hydrogen-bond acceptors (Lipinski definition) is 3. The highest BCUT2D eigenvalue weighted by Crippen LogP contribution is 2.41. The fraction of sp³-hybridized carbons (Fsp3) is 0.571. The molecular formula is C14H19NO3S. The Labute approximate surface area is 117 Å². The minimum absolute atomic E-state index is 0.0443. The van der Waals surface area contributed by atoms with E-state index in [9.17, 15) is 14.7 Å². The molecule has 0 aliphatic carbocycles. The fourth-order valence-electron chi connectivity index (χ4n) is 2.58. The number of amides is 1. The van der Waals surface area contributed by atoms with Crippen molar-refractivity contribution in [2.24, 2.45) is 11.8 Å². The summed E-state index contributed by atoms with van der Waals surface area (Å²) in [6.07, 6.45) is 0.115. The molecule has 1 aliphatic rings. The van der Waals surface area contributed by atoms with Crippen LogP contribution < -0.4 is 0 Å². The normalized spacial score (nSPS) is 23.4. The highest BCUT2D eigenvalue weighted by molar-refractivity contribution is 7.12. The molecule has 0 aromatic carbocycles. The predicted octanol–water partition coefficient (Wildman–Crippen LogP) is 2.69. The average molecular weight is 281 g/mol. The van der Waals surface area contributed by atoms with Crippen molar-refractivity contribution in [2.75, 3.05) is 6.54 Å². The second-order valence-electron chi connectivity index (χ2n) is 5.48. The SMILES string of the molecule is Cc1ccc(C2C(C(=O)O)CC(=O)N2CC(C)C)s1. The number of rotatable bonds is 4. The molecule has 5 heteroatoms. The molecule has 2 rings (SSSR count). The Kier molecular flexibility index (Phi) is 3.94. The number of nitrogens with zero attached hydrogens (tertiary/aromatic N) is 1. The molecule has 19 heavy (non-hydrogen) atoms. The van der Waals surface area contributed by atoms with Gasteiger partial charge in [-0.25, -0.2) is 0 Å². The van der Waals surface area contributed by atoms with Crippen LogP contribution in [0.5, 0.6) is 0 Å². The highest BCUT2D eigenvalue weighted by atomic mass is 32.1. The van der Waals surface area contributed by atoms with Crippen molar-refractivity contribution in [3.05, 3.63) is 21.9 Å². The zero-order valence-electron chi connectivity index (χ0n) is 11.4. The number of aliphatic carboxylic acids is 1. The van der Waals surface area contributed by atoms with Crippen LogP contribution in [-0.2, 0) is 9.59 Å². The summed E-state index contributed by atoms with van der Waals surface area (Å²) >= 11 is 1.58. The monoisotopic (exact) mass is 281 g/mol. The number of carbonyl (C=O) groups is 2. The van der Waals surface area contributed by atoms with Gasteiger partial charge in [-0.3, -0.25) is 9.59 Å². The summed E-state index contributed by atoms with van der Waals surface area (Å²) in [6, 6.07) is 3.63. The number of carboxylic acid groups (broad SMARTS) is 1. The third kappa shape index (κ3) is 2.81. The Morgan fingerprint density at radius 1 is 1.53 bits per heavy atom. The zero-order valence-corrected chi connectivity index (χ0v) is 12.2. The van der Waals surface area contributed by atoms with Crippen molar-refractivity contribution in [2.45, 2.75) is 33.2 Å². The smallest absolute Gasteiger partial charge is 0.309 e. The largest absolute Gasteiger partial charge is 0.481 e. The Hall–Kier alpha value is -1.36. The van der Waals surface area contributed by atoms with Crippen LogP contribution in [0.1, 0.15) is 36.1 Å². The van der Waals surface area contributed by atoms with E-state index >= 15 is 0 Å².